The molecule has 154 valence electrons. The number of amides is 3. The maximum Gasteiger partial charge on any atom is 0.325 e. The van der Waals surface area contributed by atoms with Gasteiger partial charge in [0.1, 0.15) is 17.7 Å². The minimum Gasteiger partial charge on any atom is -0.381 e. The lowest BCUT2D eigenvalue weighted by Gasteiger charge is -2.38. The van der Waals surface area contributed by atoms with Crippen LogP contribution in [0.3, 0.4) is 0 Å². The van der Waals surface area contributed by atoms with Crippen molar-refractivity contribution in [2.45, 2.75) is 38.1 Å². The standard InChI is InChI=1S/C21H27N5O3/c1-15-10-17-12-22-14-26(17)18(11-15)24-6-4-21(5-7-24)19(27)25(20(28)23-21)13-16-2-8-29-9-3-16/h10-12,14,16H,2-9,13H2,1H3,(H,23,28). The fraction of sp³-hybridized carbons (Fsp3) is 0.571. The average molecular weight is 397 g/mol. The molecule has 5 rings (SSSR count). The van der Waals surface area contributed by atoms with Gasteiger partial charge in [0.15, 0.2) is 0 Å². The number of hydrogen-bond donors (Lipinski definition) is 1. The first kappa shape index (κ1) is 18.4. The first-order valence-electron chi connectivity index (χ1n) is 10.5. The third-order valence-corrected chi connectivity index (χ3v) is 6.61. The van der Waals surface area contributed by atoms with Gasteiger partial charge < -0.3 is 15.0 Å². The fourth-order valence-electron chi connectivity index (χ4n) is 4.88. The smallest absolute Gasteiger partial charge is 0.325 e. The molecule has 29 heavy (non-hydrogen) atoms. The molecule has 5 heterocycles. The number of imide groups is 1. The molecule has 3 aliphatic rings. The molecule has 2 aromatic heterocycles. The molecule has 8 nitrogen and oxygen atoms in total. The van der Waals surface area contributed by atoms with Crippen LogP contribution in [-0.4, -0.2) is 64.6 Å². The Bertz CT molecular complexity index is 941. The molecule has 0 atom stereocenters. The van der Waals surface area contributed by atoms with Crippen LogP contribution < -0.4 is 10.2 Å². The number of rotatable bonds is 3. The molecular weight excluding hydrogens is 370 g/mol. The molecule has 3 aliphatic heterocycles. The second kappa shape index (κ2) is 7.02. The van der Waals surface area contributed by atoms with E-state index in [9.17, 15) is 9.59 Å². The number of nitrogens with one attached hydrogen (secondary N) is 1. The van der Waals surface area contributed by atoms with Gasteiger partial charge >= 0.3 is 6.03 Å². The van der Waals surface area contributed by atoms with E-state index in [1.807, 2.05) is 12.5 Å². The summed E-state index contributed by atoms with van der Waals surface area (Å²) in [5, 5.41) is 3.03. The molecule has 0 saturated carbocycles. The third-order valence-electron chi connectivity index (χ3n) is 6.61. The molecule has 0 aliphatic carbocycles. The Labute approximate surface area is 169 Å². The van der Waals surface area contributed by atoms with Gasteiger partial charge in [-0.1, -0.05) is 0 Å². The van der Waals surface area contributed by atoms with Crippen LogP contribution in [0, 0.1) is 12.8 Å². The fourth-order valence-corrected chi connectivity index (χ4v) is 4.88. The number of urea groups is 1. The van der Waals surface area contributed by atoms with Crippen LogP contribution >= 0.6 is 0 Å². The number of nitrogens with zero attached hydrogens (tertiary/aromatic N) is 4. The number of hydrogen-bond acceptors (Lipinski definition) is 5. The zero-order chi connectivity index (χ0) is 20.0. The first-order chi connectivity index (χ1) is 14.1. The highest BCUT2D eigenvalue weighted by atomic mass is 16.5. The lowest BCUT2D eigenvalue weighted by Crippen LogP contribution is -2.55. The predicted octanol–water partition coefficient (Wildman–Crippen LogP) is 1.96. The van der Waals surface area contributed by atoms with E-state index >= 15 is 0 Å². The normalized spacial score (nSPS) is 22.7. The van der Waals surface area contributed by atoms with Crippen LogP contribution in [0.2, 0.25) is 0 Å². The van der Waals surface area contributed by atoms with Crippen LogP contribution in [-0.2, 0) is 9.53 Å². The molecule has 2 aromatic rings. The van der Waals surface area contributed by atoms with Gasteiger partial charge in [0.05, 0.1) is 11.7 Å². The van der Waals surface area contributed by atoms with Gasteiger partial charge in [0.25, 0.3) is 5.91 Å². The Hall–Kier alpha value is -2.61. The molecule has 0 radical (unpaired) electrons. The Morgan fingerprint density at radius 3 is 2.72 bits per heavy atom. The summed E-state index contributed by atoms with van der Waals surface area (Å²) in [5.41, 5.74) is 1.49. The van der Waals surface area contributed by atoms with Gasteiger partial charge in [-0.3, -0.25) is 14.1 Å². The summed E-state index contributed by atoms with van der Waals surface area (Å²) in [4.78, 5) is 33.8. The van der Waals surface area contributed by atoms with Gasteiger partial charge in [0.2, 0.25) is 0 Å². The quantitative estimate of drug-likeness (QED) is 0.801. The predicted molar refractivity (Wildman–Crippen MR) is 108 cm³/mol. The van der Waals surface area contributed by atoms with Gasteiger partial charge in [-0.2, -0.15) is 0 Å². The number of piperidine rings is 1. The minimum absolute atomic E-state index is 0.0503. The van der Waals surface area contributed by atoms with Gasteiger partial charge in [-0.05, 0) is 56.2 Å². The Balaban J connectivity index is 1.31. The Kier molecular flexibility index (Phi) is 4.46. The first-order valence-corrected chi connectivity index (χ1v) is 10.5. The maximum absolute atomic E-state index is 13.2. The number of imidazole rings is 1. The van der Waals surface area contributed by atoms with E-state index < -0.39 is 5.54 Å². The number of carbonyl (C=O) groups excluding carboxylic acids is 2. The largest absolute Gasteiger partial charge is 0.381 e. The number of aromatic nitrogens is 2. The molecule has 3 fully saturated rings. The molecule has 0 unspecified atom stereocenters. The summed E-state index contributed by atoms with van der Waals surface area (Å²) in [5.74, 6) is 1.38. The Morgan fingerprint density at radius 2 is 1.97 bits per heavy atom. The summed E-state index contributed by atoms with van der Waals surface area (Å²) in [6, 6.07) is 4.03. The highest BCUT2D eigenvalue weighted by Crippen LogP contribution is 2.33. The van der Waals surface area contributed by atoms with E-state index in [1.54, 1.807) is 0 Å². The lowest BCUT2D eigenvalue weighted by molar-refractivity contribution is -0.132. The van der Waals surface area contributed by atoms with Crippen LogP contribution in [0.4, 0.5) is 10.6 Å². The van der Waals surface area contributed by atoms with Gasteiger partial charge in [-0.15, -0.1) is 0 Å². The molecule has 3 saturated heterocycles. The average Bonchev–Trinajstić information content (AvgIpc) is 3.28. The summed E-state index contributed by atoms with van der Waals surface area (Å²) in [6.07, 6.45) is 6.74. The van der Waals surface area contributed by atoms with Crippen molar-refractivity contribution < 1.29 is 14.3 Å². The van der Waals surface area contributed by atoms with E-state index in [0.29, 0.717) is 51.6 Å². The maximum atomic E-state index is 13.2. The van der Waals surface area contributed by atoms with Crippen molar-refractivity contribution in [3.8, 4) is 0 Å². The second-order valence-corrected chi connectivity index (χ2v) is 8.55. The molecule has 3 amide bonds. The highest BCUT2D eigenvalue weighted by molar-refractivity contribution is 6.07. The number of aryl methyl sites for hydroxylation is 1. The van der Waals surface area contributed by atoms with Gasteiger partial charge in [-0.25, -0.2) is 9.78 Å². The van der Waals surface area contributed by atoms with E-state index in [1.165, 1.54) is 10.5 Å². The van der Waals surface area contributed by atoms with E-state index in [4.69, 9.17) is 4.74 Å². The molecule has 1 spiro atoms. The topological polar surface area (TPSA) is 79.2 Å². The molecule has 0 aromatic carbocycles. The number of anilines is 1. The van der Waals surface area contributed by atoms with Crippen molar-refractivity contribution in [2.24, 2.45) is 5.92 Å². The molecule has 1 N–H and O–H groups in total. The third kappa shape index (κ3) is 3.15. The summed E-state index contributed by atoms with van der Waals surface area (Å²) in [6.45, 7) is 5.45. The number of pyridine rings is 1. The zero-order valence-electron chi connectivity index (χ0n) is 16.8. The summed E-state index contributed by atoms with van der Waals surface area (Å²) >= 11 is 0. The lowest BCUT2D eigenvalue weighted by atomic mass is 9.87. The van der Waals surface area contributed by atoms with E-state index in [-0.39, 0.29) is 11.9 Å². The Morgan fingerprint density at radius 1 is 1.21 bits per heavy atom. The van der Waals surface area contributed by atoms with Crippen molar-refractivity contribution in [3.05, 3.63) is 30.2 Å². The summed E-state index contributed by atoms with van der Waals surface area (Å²) in [7, 11) is 0. The SMILES string of the molecule is Cc1cc(N2CCC3(CC2)NC(=O)N(CC2CCOCC2)C3=O)n2cncc2c1. The van der Waals surface area contributed by atoms with Crippen LogP contribution in [0.5, 0.6) is 0 Å². The second-order valence-electron chi connectivity index (χ2n) is 8.55. The molecular formula is C21H27N5O3. The van der Waals surface area contributed by atoms with Crippen molar-refractivity contribution in [3.63, 3.8) is 0 Å². The number of ether oxygens (including phenoxy) is 1. The van der Waals surface area contributed by atoms with Crippen LogP contribution in [0.15, 0.2) is 24.7 Å². The zero-order valence-corrected chi connectivity index (χ0v) is 16.8. The van der Waals surface area contributed by atoms with Crippen molar-refractivity contribution in [1.82, 2.24) is 19.6 Å². The minimum atomic E-state index is -0.753. The molecule has 8 heteroatoms. The van der Waals surface area contributed by atoms with E-state index in [2.05, 4.69) is 38.7 Å². The van der Waals surface area contributed by atoms with Crippen molar-refractivity contribution in [1.29, 1.82) is 0 Å². The number of carbonyl (C=O) groups is 2. The van der Waals surface area contributed by atoms with Crippen molar-refractivity contribution in [2.75, 3.05) is 37.7 Å². The van der Waals surface area contributed by atoms with Crippen LogP contribution in [0.1, 0.15) is 31.2 Å². The highest BCUT2D eigenvalue weighted by Gasteiger charge is 2.52. The van der Waals surface area contributed by atoms with Gasteiger partial charge in [0, 0.05) is 32.8 Å². The van der Waals surface area contributed by atoms with Crippen LogP contribution in [0.25, 0.3) is 5.52 Å². The monoisotopic (exact) mass is 397 g/mol. The summed E-state index contributed by atoms with van der Waals surface area (Å²) < 4.78 is 7.48. The van der Waals surface area contributed by atoms with E-state index in [0.717, 1.165) is 24.2 Å². The number of fused-ring (bicyclic) bond motifs is 1. The van der Waals surface area contributed by atoms with Crippen molar-refractivity contribution >= 4 is 23.3 Å². The molecule has 0 bridgehead atoms.